The molecular weight excluding hydrogens is 306 g/mol. The van der Waals surface area contributed by atoms with Crippen molar-refractivity contribution in [1.82, 2.24) is 0 Å². The Morgan fingerprint density at radius 1 is 1.12 bits per heavy atom. The molecule has 3 rings (SSSR count). The number of fused-ring (bicyclic) bond motifs is 1. The van der Waals surface area contributed by atoms with Crippen molar-refractivity contribution in [3.8, 4) is 5.75 Å². The summed E-state index contributed by atoms with van der Waals surface area (Å²) in [6, 6.07) is 14.9. The van der Waals surface area contributed by atoms with Crippen molar-refractivity contribution in [2.45, 2.75) is 6.04 Å². The van der Waals surface area contributed by atoms with Crippen LogP contribution in [0.5, 0.6) is 5.75 Å². The minimum atomic E-state index is -0.654. The molecule has 1 aliphatic rings. The number of nitrogens with zero attached hydrogens (tertiary/aromatic N) is 2. The Bertz CT molecular complexity index is 721. The highest BCUT2D eigenvalue weighted by Gasteiger charge is 2.32. The number of carbonyl (C=O) groups excluding carboxylic acids is 1. The number of anilines is 3. The molecule has 0 saturated heterocycles. The molecule has 126 valence electrons. The lowest BCUT2D eigenvalue weighted by Crippen LogP contribution is -2.47. The largest absolute Gasteiger partial charge is 0.497 e. The summed E-state index contributed by atoms with van der Waals surface area (Å²) in [6.45, 7) is 0.526. The molecule has 1 unspecified atom stereocenters. The Hall–Kier alpha value is -2.57. The van der Waals surface area contributed by atoms with Gasteiger partial charge in [-0.15, -0.1) is 0 Å². The zero-order valence-electron chi connectivity index (χ0n) is 13.8. The number of amides is 1. The summed E-state index contributed by atoms with van der Waals surface area (Å²) < 4.78 is 10.5. The van der Waals surface area contributed by atoms with E-state index in [2.05, 4.69) is 0 Å². The third-order valence-corrected chi connectivity index (χ3v) is 4.05. The topological polar surface area (TPSA) is 68.0 Å². The van der Waals surface area contributed by atoms with Gasteiger partial charge in [-0.05, 0) is 24.3 Å². The fourth-order valence-corrected chi connectivity index (χ4v) is 2.88. The Kier molecular flexibility index (Phi) is 4.69. The van der Waals surface area contributed by atoms with Crippen LogP contribution in [0.2, 0.25) is 0 Å². The van der Waals surface area contributed by atoms with Crippen LogP contribution in [0.3, 0.4) is 0 Å². The average molecular weight is 327 g/mol. The van der Waals surface area contributed by atoms with Crippen molar-refractivity contribution in [3.63, 3.8) is 0 Å². The first-order chi connectivity index (χ1) is 11.7. The quantitative estimate of drug-likeness (QED) is 0.931. The number of rotatable bonds is 4. The number of methoxy groups -OCH3 is 2. The number of nitrogens with two attached hydrogens (primary N) is 1. The first-order valence-corrected chi connectivity index (χ1v) is 7.72. The maximum Gasteiger partial charge on any atom is 0.247 e. The second-order valence-corrected chi connectivity index (χ2v) is 5.59. The van der Waals surface area contributed by atoms with Gasteiger partial charge in [0, 0.05) is 25.4 Å². The van der Waals surface area contributed by atoms with Crippen LogP contribution in [-0.4, -0.2) is 39.4 Å². The highest BCUT2D eigenvalue weighted by atomic mass is 16.5. The second kappa shape index (κ2) is 6.90. The Morgan fingerprint density at radius 2 is 1.88 bits per heavy atom. The lowest BCUT2D eigenvalue weighted by Gasteiger charge is -2.27. The molecule has 1 amide bonds. The fraction of sp³-hybridized carbons (Fsp3) is 0.278. The summed E-state index contributed by atoms with van der Waals surface area (Å²) >= 11 is 0. The van der Waals surface area contributed by atoms with E-state index in [0.717, 1.165) is 17.1 Å². The molecule has 0 radical (unpaired) electrons. The van der Waals surface area contributed by atoms with E-state index >= 15 is 0 Å². The summed E-state index contributed by atoms with van der Waals surface area (Å²) in [4.78, 5) is 16.3. The van der Waals surface area contributed by atoms with Gasteiger partial charge in [-0.25, -0.2) is 0 Å². The van der Waals surface area contributed by atoms with Crippen LogP contribution in [0.4, 0.5) is 17.1 Å². The molecule has 0 bridgehead atoms. The molecule has 1 atom stereocenters. The lowest BCUT2D eigenvalue weighted by molar-refractivity contribution is -0.120. The molecular formula is C18H21N3O3. The maximum absolute atomic E-state index is 12.7. The van der Waals surface area contributed by atoms with E-state index < -0.39 is 6.04 Å². The van der Waals surface area contributed by atoms with Gasteiger partial charge in [0.05, 0.1) is 18.5 Å². The van der Waals surface area contributed by atoms with E-state index in [0.29, 0.717) is 12.3 Å². The summed E-state index contributed by atoms with van der Waals surface area (Å²) in [7, 11) is 3.15. The van der Waals surface area contributed by atoms with Gasteiger partial charge in [0.15, 0.2) is 0 Å². The van der Waals surface area contributed by atoms with Crippen molar-refractivity contribution in [2.24, 2.45) is 5.73 Å². The standard InChI is InChI=1S/C18H21N3O3/c1-23-12-21-17-10-14(24-2)8-9-16(17)20(11-15(19)18(21)22)13-6-4-3-5-7-13/h3-10,15H,11-12,19H2,1-2H3. The molecule has 0 aliphatic carbocycles. The summed E-state index contributed by atoms with van der Waals surface area (Å²) in [5.74, 6) is 0.496. The molecule has 0 saturated carbocycles. The van der Waals surface area contributed by atoms with Crippen LogP contribution in [0, 0.1) is 0 Å². The van der Waals surface area contributed by atoms with Gasteiger partial charge in [0.2, 0.25) is 5.91 Å². The minimum absolute atomic E-state index is 0.134. The van der Waals surface area contributed by atoms with Gasteiger partial charge in [0.25, 0.3) is 0 Å². The molecule has 0 spiro atoms. The van der Waals surface area contributed by atoms with Crippen molar-refractivity contribution in [2.75, 3.05) is 37.3 Å². The number of hydrogen-bond acceptors (Lipinski definition) is 5. The van der Waals surface area contributed by atoms with E-state index in [1.807, 2.05) is 53.4 Å². The number of hydrogen-bond donors (Lipinski definition) is 1. The van der Waals surface area contributed by atoms with Crippen LogP contribution in [0.25, 0.3) is 0 Å². The molecule has 2 aromatic rings. The zero-order valence-corrected chi connectivity index (χ0v) is 13.8. The van der Waals surface area contributed by atoms with Crippen LogP contribution in [0.15, 0.2) is 48.5 Å². The Labute approximate surface area is 141 Å². The van der Waals surface area contributed by atoms with Gasteiger partial charge in [-0.1, -0.05) is 18.2 Å². The van der Waals surface area contributed by atoms with Crippen molar-refractivity contribution >= 4 is 23.0 Å². The predicted octanol–water partition coefficient (Wildman–Crippen LogP) is 2.11. The smallest absolute Gasteiger partial charge is 0.247 e. The third kappa shape index (κ3) is 2.93. The van der Waals surface area contributed by atoms with E-state index in [9.17, 15) is 4.79 Å². The monoisotopic (exact) mass is 327 g/mol. The summed E-state index contributed by atoms with van der Waals surface area (Å²) in [5, 5.41) is 0. The molecule has 2 aromatic carbocycles. The summed E-state index contributed by atoms with van der Waals surface area (Å²) in [6.07, 6.45) is 0. The van der Waals surface area contributed by atoms with Crippen molar-refractivity contribution < 1.29 is 14.3 Å². The Balaban J connectivity index is 2.16. The molecule has 6 heteroatoms. The number of ether oxygens (including phenoxy) is 2. The molecule has 6 nitrogen and oxygen atoms in total. The van der Waals surface area contributed by atoms with Crippen molar-refractivity contribution in [3.05, 3.63) is 48.5 Å². The van der Waals surface area contributed by atoms with E-state index in [1.165, 1.54) is 0 Å². The number of benzene rings is 2. The second-order valence-electron chi connectivity index (χ2n) is 5.59. The SMILES string of the molecule is COCN1C(=O)C(N)CN(c2ccccc2)c2ccc(OC)cc21. The van der Waals surface area contributed by atoms with Crippen LogP contribution in [0.1, 0.15) is 0 Å². The van der Waals surface area contributed by atoms with Crippen molar-refractivity contribution in [1.29, 1.82) is 0 Å². The molecule has 24 heavy (non-hydrogen) atoms. The molecule has 1 aliphatic heterocycles. The van der Waals surface area contributed by atoms with E-state index in [1.54, 1.807) is 19.1 Å². The highest BCUT2D eigenvalue weighted by Crippen LogP contribution is 2.39. The zero-order chi connectivity index (χ0) is 17.1. The van der Waals surface area contributed by atoms with Gasteiger partial charge < -0.3 is 20.1 Å². The highest BCUT2D eigenvalue weighted by molar-refractivity contribution is 6.02. The van der Waals surface area contributed by atoms with Gasteiger partial charge in [-0.3, -0.25) is 9.69 Å². The third-order valence-electron chi connectivity index (χ3n) is 4.05. The van der Waals surface area contributed by atoms with Crippen LogP contribution < -0.4 is 20.3 Å². The van der Waals surface area contributed by atoms with E-state index in [4.69, 9.17) is 15.2 Å². The molecule has 0 aromatic heterocycles. The van der Waals surface area contributed by atoms with Crippen LogP contribution in [-0.2, 0) is 9.53 Å². The minimum Gasteiger partial charge on any atom is -0.497 e. The molecule has 1 heterocycles. The van der Waals surface area contributed by atoms with Gasteiger partial charge >= 0.3 is 0 Å². The van der Waals surface area contributed by atoms with E-state index in [-0.39, 0.29) is 12.6 Å². The fourth-order valence-electron chi connectivity index (χ4n) is 2.88. The summed E-state index contributed by atoms with van der Waals surface area (Å²) in [5.41, 5.74) is 8.74. The first-order valence-electron chi connectivity index (χ1n) is 7.72. The average Bonchev–Trinajstić information content (AvgIpc) is 2.72. The predicted molar refractivity (Wildman–Crippen MR) is 93.8 cm³/mol. The molecule has 2 N–H and O–H groups in total. The number of para-hydroxylation sites is 1. The number of carbonyl (C=O) groups is 1. The maximum atomic E-state index is 12.7. The van der Waals surface area contributed by atoms with Gasteiger partial charge in [-0.2, -0.15) is 0 Å². The van der Waals surface area contributed by atoms with Crippen LogP contribution >= 0.6 is 0 Å². The first kappa shape index (κ1) is 16.3. The normalized spacial score (nSPS) is 17.5. The molecule has 0 fully saturated rings. The lowest BCUT2D eigenvalue weighted by atomic mass is 10.2. The van der Waals surface area contributed by atoms with Gasteiger partial charge in [0.1, 0.15) is 18.5 Å². The Morgan fingerprint density at radius 3 is 2.54 bits per heavy atom.